The van der Waals surface area contributed by atoms with E-state index in [-0.39, 0.29) is 5.82 Å². The molecular formula is C12H15F. The molecule has 1 rings (SSSR count). The van der Waals surface area contributed by atoms with Crippen molar-refractivity contribution in [1.82, 2.24) is 0 Å². The largest absolute Gasteiger partial charge is 0.206 e. The van der Waals surface area contributed by atoms with Crippen LogP contribution in [0.4, 0.5) is 4.39 Å². The Hall–Kier alpha value is -1.11. The molecule has 1 aromatic rings. The SMILES string of the molecule is C=C(c1ccccc1F)C(C)CC. The van der Waals surface area contributed by atoms with Crippen molar-refractivity contribution < 1.29 is 4.39 Å². The Morgan fingerprint density at radius 3 is 2.62 bits per heavy atom. The van der Waals surface area contributed by atoms with Crippen molar-refractivity contribution >= 4 is 5.57 Å². The molecule has 0 nitrogen and oxygen atoms in total. The number of hydrogen-bond donors (Lipinski definition) is 0. The quantitative estimate of drug-likeness (QED) is 0.658. The maximum atomic E-state index is 13.3. The topological polar surface area (TPSA) is 0 Å². The van der Waals surface area contributed by atoms with Crippen molar-refractivity contribution in [2.45, 2.75) is 20.3 Å². The molecule has 0 aromatic heterocycles. The summed E-state index contributed by atoms with van der Waals surface area (Å²) in [5.74, 6) is 0.171. The molecule has 1 unspecified atom stereocenters. The molecule has 0 saturated heterocycles. The van der Waals surface area contributed by atoms with Gasteiger partial charge in [-0.05, 0) is 24.0 Å². The highest BCUT2D eigenvalue weighted by Gasteiger charge is 2.09. The zero-order chi connectivity index (χ0) is 9.84. The number of halogens is 1. The molecule has 0 aliphatic heterocycles. The van der Waals surface area contributed by atoms with E-state index in [0.717, 1.165) is 12.0 Å². The summed E-state index contributed by atoms with van der Waals surface area (Å²) in [6.45, 7) is 8.06. The van der Waals surface area contributed by atoms with E-state index in [9.17, 15) is 4.39 Å². The van der Waals surface area contributed by atoms with Crippen molar-refractivity contribution in [1.29, 1.82) is 0 Å². The third-order valence-electron chi connectivity index (χ3n) is 2.43. The summed E-state index contributed by atoms with van der Waals surface area (Å²) in [5.41, 5.74) is 1.54. The minimum Gasteiger partial charge on any atom is -0.206 e. The molecule has 0 bridgehead atoms. The van der Waals surface area contributed by atoms with Crippen LogP contribution in [0.25, 0.3) is 5.57 Å². The van der Waals surface area contributed by atoms with Crippen LogP contribution in [0.15, 0.2) is 30.8 Å². The lowest BCUT2D eigenvalue weighted by atomic mass is 9.93. The first-order valence-corrected chi connectivity index (χ1v) is 4.60. The highest BCUT2D eigenvalue weighted by Crippen LogP contribution is 2.25. The third-order valence-corrected chi connectivity index (χ3v) is 2.43. The van der Waals surface area contributed by atoms with Crippen LogP contribution in [0.5, 0.6) is 0 Å². The van der Waals surface area contributed by atoms with Crippen LogP contribution in [0.2, 0.25) is 0 Å². The number of allylic oxidation sites excluding steroid dienone is 1. The highest BCUT2D eigenvalue weighted by molar-refractivity contribution is 5.65. The Balaban J connectivity index is 2.95. The molecule has 1 aromatic carbocycles. The average molecular weight is 178 g/mol. The summed E-state index contributed by atoms with van der Waals surface area (Å²) in [5, 5.41) is 0. The van der Waals surface area contributed by atoms with Crippen LogP contribution in [0.1, 0.15) is 25.8 Å². The molecular weight excluding hydrogens is 163 g/mol. The average Bonchev–Trinajstić information content (AvgIpc) is 2.16. The first kappa shape index (κ1) is 9.97. The minimum atomic E-state index is -0.173. The summed E-state index contributed by atoms with van der Waals surface area (Å²) in [7, 11) is 0. The Morgan fingerprint density at radius 2 is 2.08 bits per heavy atom. The van der Waals surface area contributed by atoms with E-state index >= 15 is 0 Å². The van der Waals surface area contributed by atoms with E-state index in [1.54, 1.807) is 12.1 Å². The Kier molecular flexibility index (Phi) is 3.24. The number of benzene rings is 1. The maximum absolute atomic E-state index is 13.3. The first-order chi connectivity index (χ1) is 6.16. The van der Waals surface area contributed by atoms with Gasteiger partial charge in [0.05, 0.1) is 0 Å². The lowest BCUT2D eigenvalue weighted by Crippen LogP contribution is -1.97. The fourth-order valence-electron chi connectivity index (χ4n) is 1.23. The molecule has 1 heteroatoms. The van der Waals surface area contributed by atoms with E-state index in [0.29, 0.717) is 11.5 Å². The molecule has 0 N–H and O–H groups in total. The Labute approximate surface area is 79.1 Å². The summed E-state index contributed by atoms with van der Waals surface area (Å²) in [6.07, 6.45) is 0.993. The molecule has 0 amide bonds. The Morgan fingerprint density at radius 1 is 1.46 bits per heavy atom. The molecule has 0 spiro atoms. The van der Waals surface area contributed by atoms with Crippen LogP contribution in [-0.4, -0.2) is 0 Å². The molecule has 0 saturated carbocycles. The fraction of sp³-hybridized carbons (Fsp3) is 0.333. The molecule has 1 atom stereocenters. The highest BCUT2D eigenvalue weighted by atomic mass is 19.1. The molecule has 70 valence electrons. The van der Waals surface area contributed by atoms with Gasteiger partial charge in [0.15, 0.2) is 0 Å². The normalized spacial score (nSPS) is 12.5. The zero-order valence-corrected chi connectivity index (χ0v) is 8.18. The molecule has 0 heterocycles. The maximum Gasteiger partial charge on any atom is 0.130 e. The second-order valence-corrected chi connectivity index (χ2v) is 3.31. The van der Waals surface area contributed by atoms with Crippen molar-refractivity contribution in [3.05, 3.63) is 42.2 Å². The number of rotatable bonds is 3. The van der Waals surface area contributed by atoms with Gasteiger partial charge in [-0.3, -0.25) is 0 Å². The summed E-state index contributed by atoms with van der Waals surface area (Å²) < 4.78 is 13.3. The first-order valence-electron chi connectivity index (χ1n) is 4.60. The molecule has 13 heavy (non-hydrogen) atoms. The monoisotopic (exact) mass is 178 g/mol. The predicted octanol–water partition coefficient (Wildman–Crippen LogP) is 3.89. The molecule has 0 aliphatic carbocycles. The van der Waals surface area contributed by atoms with Gasteiger partial charge in [-0.1, -0.05) is 38.6 Å². The van der Waals surface area contributed by atoms with Crippen molar-refractivity contribution in [3.63, 3.8) is 0 Å². The second kappa shape index (κ2) is 4.22. The minimum absolute atomic E-state index is 0.173. The van der Waals surface area contributed by atoms with Crippen molar-refractivity contribution in [3.8, 4) is 0 Å². The van der Waals surface area contributed by atoms with Gasteiger partial charge in [0.1, 0.15) is 5.82 Å². The smallest absolute Gasteiger partial charge is 0.130 e. The van der Waals surface area contributed by atoms with E-state index < -0.39 is 0 Å². The van der Waals surface area contributed by atoms with Crippen LogP contribution in [0, 0.1) is 11.7 Å². The molecule has 0 radical (unpaired) electrons. The second-order valence-electron chi connectivity index (χ2n) is 3.31. The van der Waals surface area contributed by atoms with Crippen LogP contribution in [0.3, 0.4) is 0 Å². The van der Waals surface area contributed by atoms with Gasteiger partial charge in [-0.25, -0.2) is 4.39 Å². The van der Waals surface area contributed by atoms with Crippen LogP contribution in [-0.2, 0) is 0 Å². The van der Waals surface area contributed by atoms with Gasteiger partial charge < -0.3 is 0 Å². The van der Waals surface area contributed by atoms with Crippen LogP contribution < -0.4 is 0 Å². The van der Waals surface area contributed by atoms with Gasteiger partial charge >= 0.3 is 0 Å². The zero-order valence-electron chi connectivity index (χ0n) is 8.18. The van der Waals surface area contributed by atoms with Gasteiger partial charge in [-0.15, -0.1) is 0 Å². The van der Waals surface area contributed by atoms with Crippen molar-refractivity contribution in [2.75, 3.05) is 0 Å². The van der Waals surface area contributed by atoms with E-state index in [4.69, 9.17) is 0 Å². The van der Waals surface area contributed by atoms with Crippen molar-refractivity contribution in [2.24, 2.45) is 5.92 Å². The molecule has 0 fully saturated rings. The predicted molar refractivity (Wildman–Crippen MR) is 54.9 cm³/mol. The van der Waals surface area contributed by atoms with Gasteiger partial charge in [0, 0.05) is 5.56 Å². The number of hydrogen-bond acceptors (Lipinski definition) is 0. The standard InChI is InChI=1S/C12H15F/c1-4-9(2)10(3)11-7-5-6-8-12(11)13/h5-9H,3-4H2,1-2H3. The van der Waals surface area contributed by atoms with Crippen LogP contribution >= 0.6 is 0 Å². The fourth-order valence-corrected chi connectivity index (χ4v) is 1.23. The summed E-state index contributed by atoms with van der Waals surface area (Å²) in [4.78, 5) is 0. The Bertz CT molecular complexity index is 302. The summed E-state index contributed by atoms with van der Waals surface area (Å²) >= 11 is 0. The summed E-state index contributed by atoms with van der Waals surface area (Å²) in [6, 6.07) is 6.79. The van der Waals surface area contributed by atoms with E-state index in [2.05, 4.69) is 20.4 Å². The van der Waals surface area contributed by atoms with E-state index in [1.807, 2.05) is 6.07 Å². The van der Waals surface area contributed by atoms with Gasteiger partial charge in [0.2, 0.25) is 0 Å². The van der Waals surface area contributed by atoms with E-state index in [1.165, 1.54) is 6.07 Å². The van der Waals surface area contributed by atoms with Gasteiger partial charge in [-0.2, -0.15) is 0 Å². The van der Waals surface area contributed by atoms with Gasteiger partial charge in [0.25, 0.3) is 0 Å². The lowest BCUT2D eigenvalue weighted by Gasteiger charge is -2.12. The lowest BCUT2D eigenvalue weighted by molar-refractivity contribution is 0.617. The molecule has 0 aliphatic rings. The third kappa shape index (κ3) is 2.18.